The molecule has 1 saturated carbocycles. The van der Waals surface area contributed by atoms with Gasteiger partial charge in [0.25, 0.3) is 0 Å². The van der Waals surface area contributed by atoms with Crippen molar-refractivity contribution in [3.05, 3.63) is 42.6 Å². The molecule has 138 valence electrons. The summed E-state index contributed by atoms with van der Waals surface area (Å²) in [5, 5.41) is 0.908. The third-order valence-electron chi connectivity index (χ3n) is 5.55. The minimum Gasteiger partial charge on any atom is -0.341 e. The highest BCUT2D eigenvalue weighted by Gasteiger charge is 2.28. The van der Waals surface area contributed by atoms with Crippen molar-refractivity contribution in [2.24, 2.45) is 5.92 Å². The first-order valence-electron chi connectivity index (χ1n) is 9.62. The molecule has 3 heterocycles. The second-order valence-electron chi connectivity index (χ2n) is 7.37. The number of nitrogens with zero attached hydrogens (tertiary/aromatic N) is 4. The van der Waals surface area contributed by atoms with E-state index in [-0.39, 0.29) is 5.91 Å². The molecule has 6 heteroatoms. The quantitative estimate of drug-likeness (QED) is 0.730. The highest BCUT2D eigenvalue weighted by atomic mass is 32.2. The number of pyridine rings is 1. The smallest absolute Gasteiger partial charge is 0.233 e. The molecule has 0 spiro atoms. The van der Waals surface area contributed by atoms with Gasteiger partial charge in [-0.3, -0.25) is 4.79 Å². The maximum atomic E-state index is 12.7. The van der Waals surface area contributed by atoms with Crippen molar-refractivity contribution in [3.8, 4) is 0 Å². The molecule has 2 aliphatic rings. The second kappa shape index (κ2) is 8.25. The third-order valence-corrected chi connectivity index (χ3v) is 6.48. The van der Waals surface area contributed by atoms with E-state index in [0.29, 0.717) is 11.7 Å². The van der Waals surface area contributed by atoms with Crippen LogP contribution in [0.4, 0.5) is 0 Å². The minimum atomic E-state index is 0.211. The fraction of sp³-hybridized carbons (Fsp3) is 0.550. The number of hydrogen-bond donors (Lipinski definition) is 0. The molecule has 1 atom stereocenters. The van der Waals surface area contributed by atoms with Crippen LogP contribution >= 0.6 is 11.8 Å². The van der Waals surface area contributed by atoms with Crippen LogP contribution in [0.15, 0.2) is 41.8 Å². The number of amides is 1. The third kappa shape index (κ3) is 4.11. The summed E-state index contributed by atoms with van der Waals surface area (Å²) in [7, 11) is 0. The molecule has 4 rings (SSSR count). The summed E-state index contributed by atoms with van der Waals surface area (Å²) in [6.07, 6.45) is 12.0. The Hall–Kier alpha value is -1.82. The van der Waals surface area contributed by atoms with Gasteiger partial charge in [-0.15, -0.1) is 0 Å². The first kappa shape index (κ1) is 17.6. The van der Waals surface area contributed by atoms with Crippen LogP contribution in [-0.2, 0) is 11.3 Å². The van der Waals surface area contributed by atoms with Crippen molar-refractivity contribution in [2.75, 3.05) is 18.8 Å². The molecule has 1 amide bonds. The molecule has 2 aromatic heterocycles. The van der Waals surface area contributed by atoms with Gasteiger partial charge in [-0.1, -0.05) is 24.2 Å². The summed E-state index contributed by atoms with van der Waals surface area (Å²) in [6, 6.07) is 5.81. The lowest BCUT2D eigenvalue weighted by Gasteiger charge is -2.33. The summed E-state index contributed by atoms with van der Waals surface area (Å²) >= 11 is 1.52. The van der Waals surface area contributed by atoms with Crippen LogP contribution in [0.1, 0.15) is 43.8 Å². The lowest BCUT2D eigenvalue weighted by atomic mass is 9.85. The Balaban J connectivity index is 1.35. The number of hydrogen-bond acceptors (Lipinski definition) is 4. The summed E-state index contributed by atoms with van der Waals surface area (Å²) in [5.74, 6) is 3.02. The van der Waals surface area contributed by atoms with E-state index in [0.717, 1.165) is 43.4 Å². The Morgan fingerprint density at radius 1 is 1.15 bits per heavy atom. The maximum Gasteiger partial charge on any atom is 0.233 e. The maximum absolute atomic E-state index is 12.7. The van der Waals surface area contributed by atoms with Crippen LogP contribution in [0.25, 0.3) is 0 Å². The molecule has 0 radical (unpaired) electrons. The highest BCUT2D eigenvalue weighted by molar-refractivity contribution is 7.99. The van der Waals surface area contributed by atoms with Crippen LogP contribution in [-0.4, -0.2) is 44.2 Å². The topological polar surface area (TPSA) is 51.0 Å². The van der Waals surface area contributed by atoms with E-state index < -0.39 is 0 Å². The van der Waals surface area contributed by atoms with Crippen LogP contribution in [0, 0.1) is 5.92 Å². The molecule has 1 aliphatic heterocycles. The molecule has 0 N–H and O–H groups in total. The van der Waals surface area contributed by atoms with Crippen molar-refractivity contribution in [2.45, 2.75) is 49.6 Å². The first-order chi connectivity index (χ1) is 12.8. The normalized spacial score (nSPS) is 20.8. The zero-order chi connectivity index (χ0) is 17.8. The Morgan fingerprint density at radius 3 is 2.85 bits per heavy atom. The lowest BCUT2D eigenvalue weighted by Crippen LogP contribution is -2.40. The largest absolute Gasteiger partial charge is 0.341 e. The van der Waals surface area contributed by atoms with Crippen molar-refractivity contribution < 1.29 is 4.79 Å². The van der Waals surface area contributed by atoms with Crippen molar-refractivity contribution in [3.63, 3.8) is 0 Å². The SMILES string of the molecule is O=C(CSc1ccccn1)N1CCC[C@@H](c2nccn2CC2CCC2)C1. The van der Waals surface area contributed by atoms with E-state index in [1.165, 1.54) is 36.8 Å². The fourth-order valence-electron chi connectivity index (χ4n) is 3.86. The van der Waals surface area contributed by atoms with Gasteiger partial charge in [0.2, 0.25) is 5.91 Å². The fourth-order valence-corrected chi connectivity index (χ4v) is 4.63. The van der Waals surface area contributed by atoms with E-state index >= 15 is 0 Å². The van der Waals surface area contributed by atoms with Crippen LogP contribution < -0.4 is 0 Å². The van der Waals surface area contributed by atoms with Gasteiger partial charge in [-0.25, -0.2) is 9.97 Å². The Morgan fingerprint density at radius 2 is 2.08 bits per heavy atom. The molecule has 0 bridgehead atoms. The standard InChI is InChI=1S/C20H26N4OS/c25-19(15-26-18-8-1-2-9-21-18)23-11-4-7-17(14-23)20-22-10-12-24(20)13-16-5-3-6-16/h1-2,8-10,12,16-17H,3-7,11,13-15H2/t17-/m1/s1. The molecule has 2 aromatic rings. The Labute approximate surface area is 159 Å². The molecular weight excluding hydrogens is 344 g/mol. The second-order valence-corrected chi connectivity index (χ2v) is 8.37. The van der Waals surface area contributed by atoms with E-state index in [1.54, 1.807) is 6.20 Å². The highest BCUT2D eigenvalue weighted by Crippen LogP contribution is 2.31. The average molecular weight is 371 g/mol. The van der Waals surface area contributed by atoms with E-state index in [2.05, 4.69) is 20.7 Å². The molecule has 1 aliphatic carbocycles. The first-order valence-corrected chi connectivity index (χ1v) is 10.6. The monoisotopic (exact) mass is 370 g/mol. The molecule has 1 saturated heterocycles. The number of carbonyl (C=O) groups is 1. The molecular formula is C20H26N4OS. The van der Waals surface area contributed by atoms with Crippen molar-refractivity contribution in [1.29, 1.82) is 0 Å². The number of rotatable bonds is 6. The van der Waals surface area contributed by atoms with Gasteiger partial charge >= 0.3 is 0 Å². The molecule has 0 aromatic carbocycles. The van der Waals surface area contributed by atoms with Crippen LogP contribution in [0.2, 0.25) is 0 Å². The number of aromatic nitrogens is 3. The number of thioether (sulfide) groups is 1. The van der Waals surface area contributed by atoms with Gasteiger partial charge in [0, 0.05) is 44.1 Å². The van der Waals surface area contributed by atoms with E-state index in [1.807, 2.05) is 29.3 Å². The molecule has 5 nitrogen and oxygen atoms in total. The minimum absolute atomic E-state index is 0.211. The number of carbonyl (C=O) groups excluding carboxylic acids is 1. The summed E-state index contributed by atoms with van der Waals surface area (Å²) in [6.45, 7) is 2.75. The average Bonchev–Trinajstić information content (AvgIpc) is 3.12. The summed E-state index contributed by atoms with van der Waals surface area (Å²) < 4.78 is 2.34. The van der Waals surface area contributed by atoms with Gasteiger partial charge in [-0.05, 0) is 43.7 Å². The zero-order valence-electron chi connectivity index (χ0n) is 15.1. The van der Waals surface area contributed by atoms with Gasteiger partial charge in [0.05, 0.1) is 10.8 Å². The summed E-state index contributed by atoms with van der Waals surface area (Å²) in [5.41, 5.74) is 0. The van der Waals surface area contributed by atoms with Crippen molar-refractivity contribution in [1.82, 2.24) is 19.4 Å². The van der Waals surface area contributed by atoms with E-state index in [4.69, 9.17) is 0 Å². The predicted octanol–water partition coefficient (Wildman–Crippen LogP) is 3.58. The lowest BCUT2D eigenvalue weighted by molar-refractivity contribution is -0.129. The zero-order valence-corrected chi connectivity index (χ0v) is 15.9. The Bertz CT molecular complexity index is 728. The molecule has 2 fully saturated rings. The number of likely N-dealkylation sites (tertiary alicyclic amines) is 1. The number of piperidine rings is 1. The van der Waals surface area contributed by atoms with E-state index in [9.17, 15) is 4.79 Å². The van der Waals surface area contributed by atoms with Crippen LogP contribution in [0.3, 0.4) is 0 Å². The summed E-state index contributed by atoms with van der Waals surface area (Å²) in [4.78, 5) is 23.6. The van der Waals surface area contributed by atoms with Crippen LogP contribution in [0.5, 0.6) is 0 Å². The van der Waals surface area contributed by atoms with Crippen molar-refractivity contribution >= 4 is 17.7 Å². The molecule has 26 heavy (non-hydrogen) atoms. The van der Waals surface area contributed by atoms with Gasteiger partial charge in [0.15, 0.2) is 0 Å². The number of imidazole rings is 1. The van der Waals surface area contributed by atoms with Gasteiger partial charge in [-0.2, -0.15) is 0 Å². The van der Waals surface area contributed by atoms with Gasteiger partial charge < -0.3 is 9.47 Å². The van der Waals surface area contributed by atoms with Gasteiger partial charge in [0.1, 0.15) is 5.82 Å². The Kier molecular flexibility index (Phi) is 5.58. The molecule has 0 unspecified atom stereocenters. The predicted molar refractivity (Wildman–Crippen MR) is 103 cm³/mol.